The third-order valence-electron chi connectivity index (χ3n) is 4.91. The topological polar surface area (TPSA) is 92.8 Å². The minimum atomic E-state index is -0.688. The van der Waals surface area contributed by atoms with E-state index < -0.39 is 30.3 Å². The average Bonchev–Trinajstić information content (AvgIpc) is 2.80. The summed E-state index contributed by atoms with van der Waals surface area (Å²) in [5.74, 6) is -1.99. The number of anilines is 1. The number of ether oxygens (including phenoxy) is 1. The molecule has 0 bridgehead atoms. The van der Waals surface area contributed by atoms with E-state index in [9.17, 15) is 19.2 Å². The second-order valence-corrected chi connectivity index (χ2v) is 6.87. The van der Waals surface area contributed by atoms with Crippen LogP contribution in [0.2, 0.25) is 0 Å². The number of hydrogen-bond acceptors (Lipinski definition) is 5. The highest BCUT2D eigenvalue weighted by atomic mass is 16.5. The Balaban J connectivity index is 1.55. The van der Waals surface area contributed by atoms with Gasteiger partial charge in [0, 0.05) is 23.1 Å². The van der Waals surface area contributed by atoms with Gasteiger partial charge in [0.05, 0.1) is 11.3 Å². The number of hydrogen-bond donors (Lipinski definition) is 1. The fraction of sp³-hybridized carbons (Fsp3) is 0.0833. The molecule has 1 aliphatic rings. The number of rotatable bonds is 6. The van der Waals surface area contributed by atoms with Gasteiger partial charge in [-0.3, -0.25) is 14.4 Å². The van der Waals surface area contributed by atoms with Gasteiger partial charge in [-0.2, -0.15) is 0 Å². The number of carbonyl (C=O) groups is 4. The third-order valence-corrected chi connectivity index (χ3v) is 4.91. The molecule has 0 aromatic heterocycles. The smallest absolute Gasteiger partial charge is 0.338 e. The first-order valence-corrected chi connectivity index (χ1v) is 9.56. The van der Waals surface area contributed by atoms with E-state index in [0.29, 0.717) is 22.2 Å². The lowest BCUT2D eigenvalue weighted by molar-refractivity contribution is -0.124. The lowest BCUT2D eigenvalue weighted by Gasteiger charge is -2.27. The van der Waals surface area contributed by atoms with Gasteiger partial charge in [0.1, 0.15) is 0 Å². The summed E-state index contributed by atoms with van der Waals surface area (Å²) in [7, 11) is 0. The maximum absolute atomic E-state index is 13.1. The van der Waals surface area contributed by atoms with Gasteiger partial charge in [-0.1, -0.05) is 30.3 Å². The monoisotopic (exact) mass is 414 g/mol. The molecule has 0 atom stereocenters. The van der Waals surface area contributed by atoms with E-state index in [4.69, 9.17) is 4.74 Å². The molecule has 1 N–H and O–H groups in total. The summed E-state index contributed by atoms with van der Waals surface area (Å²) in [4.78, 5) is 50.9. The van der Waals surface area contributed by atoms with Crippen molar-refractivity contribution in [2.45, 2.75) is 0 Å². The molecule has 1 heterocycles. The fourth-order valence-electron chi connectivity index (χ4n) is 3.46. The summed E-state index contributed by atoms with van der Waals surface area (Å²) in [5, 5.41) is 3.97. The van der Waals surface area contributed by atoms with Gasteiger partial charge in [0.15, 0.2) is 6.61 Å². The molecule has 3 aromatic carbocycles. The lowest BCUT2D eigenvalue weighted by Crippen LogP contribution is -2.40. The molecular weight excluding hydrogens is 396 g/mol. The average molecular weight is 414 g/mol. The summed E-state index contributed by atoms with van der Waals surface area (Å²) in [6.45, 7) is 3.34. The van der Waals surface area contributed by atoms with E-state index >= 15 is 0 Å². The molecular formula is C24H18N2O5. The first kappa shape index (κ1) is 20.0. The molecule has 0 radical (unpaired) electrons. The molecule has 4 rings (SSSR count). The quantitative estimate of drug-likeness (QED) is 0.380. The van der Waals surface area contributed by atoms with Gasteiger partial charge in [0.25, 0.3) is 17.7 Å². The molecule has 0 saturated carbocycles. The largest absolute Gasteiger partial charge is 0.452 e. The Labute approximate surface area is 177 Å². The Morgan fingerprint density at radius 1 is 0.935 bits per heavy atom. The van der Waals surface area contributed by atoms with Crippen LogP contribution in [0.1, 0.15) is 31.1 Å². The number of nitrogens with zero attached hydrogens (tertiary/aromatic N) is 1. The molecule has 7 nitrogen and oxygen atoms in total. The highest BCUT2D eigenvalue weighted by molar-refractivity contribution is 6.35. The Bertz CT molecular complexity index is 1180. The van der Waals surface area contributed by atoms with Crippen LogP contribution in [0.3, 0.4) is 0 Å². The van der Waals surface area contributed by atoms with Crippen molar-refractivity contribution in [1.82, 2.24) is 5.32 Å². The summed E-state index contributed by atoms with van der Waals surface area (Å²) in [5.41, 5.74) is 1.42. The first-order chi connectivity index (χ1) is 15.0. The SMILES string of the molecule is C=CCNC(=O)COC(=O)c1ccc(N2C(=O)c3cccc4cccc(c34)C2=O)cc1. The van der Waals surface area contributed by atoms with E-state index in [2.05, 4.69) is 11.9 Å². The Hall–Kier alpha value is -4.26. The van der Waals surface area contributed by atoms with Crippen molar-refractivity contribution in [2.24, 2.45) is 0 Å². The molecule has 154 valence electrons. The van der Waals surface area contributed by atoms with Gasteiger partial charge >= 0.3 is 5.97 Å². The van der Waals surface area contributed by atoms with Crippen molar-refractivity contribution in [3.05, 3.63) is 90.0 Å². The summed E-state index contributed by atoms with van der Waals surface area (Å²) < 4.78 is 4.97. The fourth-order valence-corrected chi connectivity index (χ4v) is 3.46. The second kappa shape index (κ2) is 8.23. The number of esters is 1. The molecule has 0 fully saturated rings. The van der Waals surface area contributed by atoms with E-state index in [0.717, 1.165) is 10.3 Å². The van der Waals surface area contributed by atoms with Crippen LogP contribution in [0.5, 0.6) is 0 Å². The van der Waals surface area contributed by atoms with Crippen LogP contribution in [0.25, 0.3) is 10.8 Å². The van der Waals surface area contributed by atoms with Crippen LogP contribution in [-0.4, -0.2) is 36.8 Å². The number of imide groups is 1. The van der Waals surface area contributed by atoms with Gasteiger partial charge in [-0.25, -0.2) is 9.69 Å². The summed E-state index contributed by atoms with van der Waals surface area (Å²) in [6.07, 6.45) is 1.51. The molecule has 31 heavy (non-hydrogen) atoms. The van der Waals surface area contributed by atoms with E-state index in [-0.39, 0.29) is 12.1 Å². The molecule has 1 aliphatic heterocycles. The zero-order valence-corrected chi connectivity index (χ0v) is 16.5. The Kier molecular flexibility index (Phi) is 5.32. The van der Waals surface area contributed by atoms with Crippen LogP contribution in [-0.2, 0) is 9.53 Å². The predicted molar refractivity (Wildman–Crippen MR) is 115 cm³/mol. The third kappa shape index (κ3) is 3.69. The number of nitrogens with one attached hydrogen (secondary N) is 1. The van der Waals surface area contributed by atoms with Crippen LogP contribution in [0.4, 0.5) is 5.69 Å². The maximum atomic E-state index is 13.1. The highest BCUT2D eigenvalue weighted by Crippen LogP contribution is 2.32. The first-order valence-electron chi connectivity index (χ1n) is 9.56. The number of carbonyl (C=O) groups excluding carboxylic acids is 4. The van der Waals surface area contributed by atoms with E-state index in [1.807, 2.05) is 12.1 Å². The summed E-state index contributed by atoms with van der Waals surface area (Å²) in [6, 6.07) is 16.5. The van der Waals surface area contributed by atoms with Gasteiger partial charge in [0.2, 0.25) is 0 Å². The van der Waals surface area contributed by atoms with Crippen molar-refractivity contribution in [3.63, 3.8) is 0 Å². The maximum Gasteiger partial charge on any atom is 0.338 e. The van der Waals surface area contributed by atoms with Gasteiger partial charge < -0.3 is 10.1 Å². The highest BCUT2D eigenvalue weighted by Gasteiger charge is 2.33. The minimum Gasteiger partial charge on any atom is -0.452 e. The van der Waals surface area contributed by atoms with Crippen molar-refractivity contribution >= 4 is 40.2 Å². The van der Waals surface area contributed by atoms with Crippen molar-refractivity contribution in [3.8, 4) is 0 Å². The van der Waals surface area contributed by atoms with Gasteiger partial charge in [-0.05, 0) is 41.8 Å². The number of amides is 3. The zero-order valence-electron chi connectivity index (χ0n) is 16.5. The number of benzene rings is 3. The molecule has 0 saturated heterocycles. The van der Waals surface area contributed by atoms with Crippen LogP contribution in [0.15, 0.2) is 73.3 Å². The molecule has 3 aromatic rings. The van der Waals surface area contributed by atoms with Crippen molar-refractivity contribution < 1.29 is 23.9 Å². The molecule has 0 aliphatic carbocycles. The van der Waals surface area contributed by atoms with Crippen molar-refractivity contribution in [2.75, 3.05) is 18.1 Å². The molecule has 3 amide bonds. The molecule has 0 unspecified atom stereocenters. The standard InChI is InChI=1S/C24H18N2O5/c1-2-13-25-20(27)14-31-24(30)16-9-11-17(12-10-16)26-22(28)18-7-3-5-15-6-4-8-19(21(15)18)23(26)29/h2-12H,1,13-14H2,(H,25,27). The van der Waals surface area contributed by atoms with E-state index in [1.54, 1.807) is 24.3 Å². The van der Waals surface area contributed by atoms with Gasteiger partial charge in [-0.15, -0.1) is 6.58 Å². The molecule has 0 spiro atoms. The van der Waals surface area contributed by atoms with Crippen LogP contribution >= 0.6 is 0 Å². The predicted octanol–water partition coefficient (Wildman–Crippen LogP) is 3.10. The van der Waals surface area contributed by atoms with Crippen LogP contribution in [0, 0.1) is 0 Å². The van der Waals surface area contributed by atoms with E-state index in [1.165, 1.54) is 30.3 Å². The zero-order chi connectivity index (χ0) is 22.0. The Morgan fingerprint density at radius 3 is 2.13 bits per heavy atom. The molecule has 7 heteroatoms. The van der Waals surface area contributed by atoms with Crippen LogP contribution < -0.4 is 10.2 Å². The second-order valence-electron chi connectivity index (χ2n) is 6.87. The van der Waals surface area contributed by atoms with Crippen molar-refractivity contribution in [1.29, 1.82) is 0 Å². The minimum absolute atomic E-state index is 0.194. The Morgan fingerprint density at radius 2 is 1.55 bits per heavy atom. The summed E-state index contributed by atoms with van der Waals surface area (Å²) >= 11 is 0. The lowest BCUT2D eigenvalue weighted by atomic mass is 9.94. The normalized spacial score (nSPS) is 12.6.